The van der Waals surface area contributed by atoms with Gasteiger partial charge in [-0.1, -0.05) is 29.8 Å². The van der Waals surface area contributed by atoms with E-state index in [0.717, 1.165) is 29.7 Å². The smallest absolute Gasteiger partial charge is 0.240 e. The Morgan fingerprint density at radius 3 is 2.82 bits per heavy atom. The predicted molar refractivity (Wildman–Crippen MR) is 85.7 cm³/mol. The van der Waals surface area contributed by atoms with E-state index < -0.39 is 10.0 Å². The minimum Gasteiger partial charge on any atom is -0.493 e. The van der Waals surface area contributed by atoms with E-state index >= 15 is 0 Å². The van der Waals surface area contributed by atoms with E-state index in [4.69, 9.17) is 16.3 Å². The van der Waals surface area contributed by atoms with Crippen molar-refractivity contribution in [1.29, 1.82) is 0 Å². The highest BCUT2D eigenvalue weighted by atomic mass is 35.5. The molecule has 0 saturated heterocycles. The van der Waals surface area contributed by atoms with E-state index in [-0.39, 0.29) is 11.4 Å². The van der Waals surface area contributed by atoms with Gasteiger partial charge in [0.05, 0.1) is 11.5 Å². The summed E-state index contributed by atoms with van der Waals surface area (Å²) in [5, 5.41) is 0.545. The fourth-order valence-electron chi connectivity index (χ4n) is 2.40. The molecule has 0 radical (unpaired) electrons. The summed E-state index contributed by atoms with van der Waals surface area (Å²) in [7, 11) is -3.57. The van der Waals surface area contributed by atoms with Crippen LogP contribution in [0.25, 0.3) is 0 Å². The minimum atomic E-state index is -3.57. The van der Waals surface area contributed by atoms with Crippen LogP contribution in [0.15, 0.2) is 47.4 Å². The van der Waals surface area contributed by atoms with Gasteiger partial charge >= 0.3 is 0 Å². The highest BCUT2D eigenvalue weighted by Crippen LogP contribution is 2.27. The summed E-state index contributed by atoms with van der Waals surface area (Å²) in [6.45, 7) is 0.847. The van der Waals surface area contributed by atoms with Gasteiger partial charge in [0.15, 0.2) is 0 Å². The van der Waals surface area contributed by atoms with Crippen molar-refractivity contribution in [3.63, 3.8) is 0 Å². The quantitative estimate of drug-likeness (QED) is 0.932. The number of rotatable bonds is 4. The normalized spacial score (nSPS) is 14.2. The summed E-state index contributed by atoms with van der Waals surface area (Å²) >= 11 is 6.04. The van der Waals surface area contributed by atoms with Crippen molar-refractivity contribution in [3.05, 3.63) is 58.6 Å². The van der Waals surface area contributed by atoms with Crippen LogP contribution in [-0.4, -0.2) is 15.0 Å². The molecule has 2 aromatic rings. The summed E-state index contributed by atoms with van der Waals surface area (Å²) in [6.07, 6.45) is 1.74. The molecule has 22 heavy (non-hydrogen) atoms. The molecule has 2 aromatic carbocycles. The molecule has 0 aromatic heterocycles. The Hall–Kier alpha value is -1.56. The van der Waals surface area contributed by atoms with Gasteiger partial charge in [-0.2, -0.15) is 0 Å². The Morgan fingerprint density at radius 2 is 2.00 bits per heavy atom. The minimum absolute atomic E-state index is 0.162. The average molecular weight is 338 g/mol. The third-order valence-electron chi connectivity index (χ3n) is 3.60. The molecule has 1 N–H and O–H groups in total. The number of halogens is 1. The maximum absolute atomic E-state index is 12.4. The number of nitrogens with one attached hydrogen (secondary N) is 1. The Labute approximate surface area is 135 Å². The molecule has 6 heteroatoms. The van der Waals surface area contributed by atoms with Crippen molar-refractivity contribution in [1.82, 2.24) is 4.72 Å². The number of hydrogen-bond donors (Lipinski definition) is 1. The van der Waals surface area contributed by atoms with Crippen LogP contribution in [0.2, 0.25) is 5.02 Å². The summed E-state index contributed by atoms with van der Waals surface area (Å²) in [5.74, 6) is 0.774. The van der Waals surface area contributed by atoms with Crippen LogP contribution >= 0.6 is 11.6 Å². The van der Waals surface area contributed by atoms with Crippen molar-refractivity contribution in [3.8, 4) is 5.75 Å². The van der Waals surface area contributed by atoms with Crippen molar-refractivity contribution >= 4 is 21.6 Å². The van der Waals surface area contributed by atoms with Crippen LogP contribution in [0.5, 0.6) is 5.75 Å². The van der Waals surface area contributed by atoms with Gasteiger partial charge in [0.2, 0.25) is 10.0 Å². The molecule has 116 valence electrons. The molecule has 0 fully saturated rings. The fraction of sp³-hybridized carbons (Fsp3) is 0.250. The summed E-state index contributed by atoms with van der Waals surface area (Å²) in [6, 6.07) is 12.1. The zero-order chi connectivity index (χ0) is 15.6. The second-order valence-corrected chi connectivity index (χ2v) is 7.31. The highest BCUT2D eigenvalue weighted by molar-refractivity contribution is 7.89. The summed E-state index contributed by atoms with van der Waals surface area (Å²) < 4.78 is 32.9. The Kier molecular flexibility index (Phi) is 4.38. The average Bonchev–Trinajstić information content (AvgIpc) is 2.54. The van der Waals surface area contributed by atoms with Crippen molar-refractivity contribution < 1.29 is 13.2 Å². The lowest BCUT2D eigenvalue weighted by Gasteiger charge is -2.18. The number of fused-ring (bicyclic) bond motifs is 1. The van der Waals surface area contributed by atoms with Crippen molar-refractivity contribution in [2.24, 2.45) is 0 Å². The third-order valence-corrected chi connectivity index (χ3v) is 5.37. The maximum atomic E-state index is 12.4. The van der Waals surface area contributed by atoms with Crippen LogP contribution in [0.3, 0.4) is 0 Å². The Bertz CT molecular complexity index is 790. The molecular formula is C16H16ClNO3S. The predicted octanol–water partition coefficient (Wildman–Crippen LogP) is 3.14. The van der Waals surface area contributed by atoms with Gasteiger partial charge in [-0.25, -0.2) is 13.1 Å². The lowest BCUT2D eigenvalue weighted by atomic mass is 10.1. The topological polar surface area (TPSA) is 55.4 Å². The molecule has 0 atom stereocenters. The molecule has 0 amide bonds. The number of benzene rings is 2. The molecule has 1 aliphatic rings. The standard InChI is InChI=1S/C16H16ClNO3S/c17-15-6-2-1-4-13(15)11-18-22(19,20)14-7-8-16-12(10-14)5-3-9-21-16/h1-2,4,6-8,10,18H,3,5,9,11H2. The van der Waals surface area contributed by atoms with Crippen LogP contribution in [0.4, 0.5) is 0 Å². The van der Waals surface area contributed by atoms with Crippen LogP contribution in [0, 0.1) is 0 Å². The lowest BCUT2D eigenvalue weighted by molar-refractivity contribution is 0.288. The second kappa shape index (κ2) is 6.28. The lowest BCUT2D eigenvalue weighted by Crippen LogP contribution is -2.23. The number of ether oxygens (including phenoxy) is 1. The van der Waals surface area contributed by atoms with Crippen LogP contribution < -0.4 is 9.46 Å². The van der Waals surface area contributed by atoms with Gasteiger partial charge < -0.3 is 4.74 Å². The van der Waals surface area contributed by atoms with Crippen LogP contribution in [-0.2, 0) is 23.0 Å². The van der Waals surface area contributed by atoms with Crippen LogP contribution in [0.1, 0.15) is 17.5 Å². The highest BCUT2D eigenvalue weighted by Gasteiger charge is 2.18. The van der Waals surface area contributed by atoms with E-state index in [2.05, 4.69) is 4.72 Å². The monoisotopic (exact) mass is 337 g/mol. The summed E-state index contributed by atoms with van der Waals surface area (Å²) in [5.41, 5.74) is 1.68. The van der Waals surface area contributed by atoms with Gasteiger partial charge in [0.25, 0.3) is 0 Å². The zero-order valence-corrected chi connectivity index (χ0v) is 13.5. The van der Waals surface area contributed by atoms with Gasteiger partial charge in [0, 0.05) is 11.6 Å². The van der Waals surface area contributed by atoms with Crippen molar-refractivity contribution in [2.75, 3.05) is 6.61 Å². The molecule has 0 unspecified atom stereocenters. The van der Waals surface area contributed by atoms with E-state index in [1.807, 2.05) is 12.1 Å². The van der Waals surface area contributed by atoms with E-state index in [1.54, 1.807) is 30.3 Å². The fourth-order valence-corrected chi connectivity index (χ4v) is 3.66. The van der Waals surface area contributed by atoms with Gasteiger partial charge in [-0.15, -0.1) is 0 Å². The molecule has 0 aliphatic carbocycles. The zero-order valence-electron chi connectivity index (χ0n) is 11.9. The maximum Gasteiger partial charge on any atom is 0.240 e. The molecule has 3 rings (SSSR count). The first-order chi connectivity index (χ1) is 10.6. The second-order valence-electron chi connectivity index (χ2n) is 5.14. The van der Waals surface area contributed by atoms with Crippen molar-refractivity contribution in [2.45, 2.75) is 24.3 Å². The first-order valence-corrected chi connectivity index (χ1v) is 8.91. The number of sulfonamides is 1. The van der Waals surface area contributed by atoms with Gasteiger partial charge in [-0.05, 0) is 48.2 Å². The van der Waals surface area contributed by atoms with E-state index in [1.165, 1.54) is 0 Å². The number of hydrogen-bond acceptors (Lipinski definition) is 3. The van der Waals surface area contributed by atoms with E-state index in [9.17, 15) is 8.42 Å². The Balaban J connectivity index is 1.80. The molecule has 0 spiro atoms. The molecule has 1 heterocycles. The molecule has 1 aliphatic heterocycles. The molecular weight excluding hydrogens is 322 g/mol. The van der Waals surface area contributed by atoms with Gasteiger partial charge in [0.1, 0.15) is 5.75 Å². The SMILES string of the molecule is O=S(=O)(NCc1ccccc1Cl)c1ccc2c(c1)CCCO2. The third kappa shape index (κ3) is 3.27. The summed E-state index contributed by atoms with van der Waals surface area (Å²) in [4.78, 5) is 0.254. The first kappa shape index (κ1) is 15.3. The number of aryl methyl sites for hydroxylation is 1. The Morgan fingerprint density at radius 1 is 1.18 bits per heavy atom. The first-order valence-electron chi connectivity index (χ1n) is 7.05. The molecule has 0 saturated carbocycles. The largest absolute Gasteiger partial charge is 0.493 e. The molecule has 4 nitrogen and oxygen atoms in total. The van der Waals surface area contributed by atoms with E-state index in [0.29, 0.717) is 11.6 Å². The molecule has 0 bridgehead atoms. The van der Waals surface area contributed by atoms with Gasteiger partial charge in [-0.3, -0.25) is 0 Å².